The summed E-state index contributed by atoms with van der Waals surface area (Å²) in [4.78, 5) is 38.8. The molecule has 0 spiro atoms. The summed E-state index contributed by atoms with van der Waals surface area (Å²) in [7, 11) is 0. The van der Waals surface area contributed by atoms with Gasteiger partial charge in [0.15, 0.2) is 5.13 Å². The average molecular weight is 452 g/mol. The molecule has 1 aliphatic heterocycles. The van der Waals surface area contributed by atoms with Crippen molar-refractivity contribution < 1.29 is 19.1 Å². The van der Waals surface area contributed by atoms with Crippen molar-refractivity contribution in [2.75, 3.05) is 35.7 Å². The van der Waals surface area contributed by atoms with Gasteiger partial charge in [-0.2, -0.15) is 0 Å². The molecule has 30 heavy (non-hydrogen) atoms. The van der Waals surface area contributed by atoms with Gasteiger partial charge in [-0.25, -0.2) is 15.0 Å². The molecule has 1 aliphatic rings. The van der Waals surface area contributed by atoms with E-state index in [-0.39, 0.29) is 36.3 Å². The Hall–Kier alpha value is -2.24. The number of morpholine rings is 1. The lowest BCUT2D eigenvalue weighted by Gasteiger charge is -2.36. The van der Waals surface area contributed by atoms with Crippen molar-refractivity contribution in [2.24, 2.45) is 0 Å². The van der Waals surface area contributed by atoms with E-state index >= 15 is 0 Å². The summed E-state index contributed by atoms with van der Waals surface area (Å²) in [6.07, 6.45) is 1.88. The van der Waals surface area contributed by atoms with E-state index in [2.05, 4.69) is 25.2 Å². The fourth-order valence-electron chi connectivity index (χ4n) is 3.05. The molecule has 1 saturated heterocycles. The third-order valence-electron chi connectivity index (χ3n) is 4.15. The van der Waals surface area contributed by atoms with Crippen LogP contribution < -0.4 is 10.2 Å². The largest absolute Gasteiger partial charge is 0.466 e. The summed E-state index contributed by atoms with van der Waals surface area (Å²) < 4.78 is 10.7. The molecular weight excluding hydrogens is 426 g/mol. The molecule has 2 aromatic rings. The molecular formula is C19H25N5O4S2. The highest BCUT2D eigenvalue weighted by Crippen LogP contribution is 2.23. The maximum Gasteiger partial charge on any atom is 0.311 e. The van der Waals surface area contributed by atoms with Crippen LogP contribution in [0.25, 0.3) is 0 Å². The van der Waals surface area contributed by atoms with Crippen LogP contribution in [-0.2, 0) is 25.5 Å². The highest BCUT2D eigenvalue weighted by atomic mass is 32.2. The average Bonchev–Trinajstić information content (AvgIpc) is 3.12. The second kappa shape index (κ2) is 10.7. The molecule has 1 N–H and O–H groups in total. The SMILES string of the molecule is CCOC(=O)Cc1csc(NC(=O)CSc2cc(N3CC(C)OC(C)C3)ncn2)n1. The van der Waals surface area contributed by atoms with E-state index in [1.54, 1.807) is 12.3 Å². The third kappa shape index (κ3) is 6.64. The molecule has 11 heteroatoms. The van der Waals surface area contributed by atoms with Crippen LogP contribution in [0.1, 0.15) is 26.5 Å². The first-order chi connectivity index (χ1) is 14.4. The number of carbonyl (C=O) groups excluding carboxylic acids is 2. The van der Waals surface area contributed by atoms with Crippen LogP contribution in [0, 0.1) is 0 Å². The topological polar surface area (TPSA) is 107 Å². The summed E-state index contributed by atoms with van der Waals surface area (Å²) in [5, 5.41) is 5.67. The summed E-state index contributed by atoms with van der Waals surface area (Å²) in [5.41, 5.74) is 0.579. The minimum absolute atomic E-state index is 0.0947. The minimum Gasteiger partial charge on any atom is -0.466 e. The quantitative estimate of drug-likeness (QED) is 0.368. The maximum absolute atomic E-state index is 12.3. The number of amides is 1. The van der Waals surface area contributed by atoms with Gasteiger partial charge in [0.1, 0.15) is 17.2 Å². The Kier molecular flexibility index (Phi) is 8.00. The van der Waals surface area contributed by atoms with Crippen LogP contribution in [0.2, 0.25) is 0 Å². The molecule has 0 saturated carbocycles. The first-order valence-corrected chi connectivity index (χ1v) is 11.5. The molecule has 1 fully saturated rings. The lowest BCUT2D eigenvalue weighted by molar-refractivity contribution is -0.142. The lowest BCUT2D eigenvalue weighted by atomic mass is 10.2. The molecule has 3 rings (SSSR count). The van der Waals surface area contributed by atoms with Crippen molar-refractivity contribution in [1.82, 2.24) is 15.0 Å². The predicted octanol–water partition coefficient (Wildman–Crippen LogP) is 2.38. The van der Waals surface area contributed by atoms with Crippen LogP contribution in [0.5, 0.6) is 0 Å². The van der Waals surface area contributed by atoms with Gasteiger partial charge in [-0.15, -0.1) is 11.3 Å². The highest BCUT2D eigenvalue weighted by molar-refractivity contribution is 7.99. The van der Waals surface area contributed by atoms with E-state index < -0.39 is 0 Å². The van der Waals surface area contributed by atoms with E-state index in [4.69, 9.17) is 9.47 Å². The number of anilines is 2. The van der Waals surface area contributed by atoms with E-state index in [0.29, 0.717) is 17.4 Å². The second-order valence-electron chi connectivity index (χ2n) is 6.84. The predicted molar refractivity (Wildman–Crippen MR) is 116 cm³/mol. The van der Waals surface area contributed by atoms with Gasteiger partial charge < -0.3 is 19.7 Å². The van der Waals surface area contributed by atoms with Gasteiger partial charge in [0, 0.05) is 24.5 Å². The number of nitrogens with one attached hydrogen (secondary N) is 1. The Balaban J connectivity index is 1.50. The molecule has 3 heterocycles. The van der Waals surface area contributed by atoms with Crippen molar-refractivity contribution >= 4 is 45.9 Å². The van der Waals surface area contributed by atoms with E-state index in [1.165, 1.54) is 29.4 Å². The molecule has 2 unspecified atom stereocenters. The fourth-order valence-corrected chi connectivity index (χ4v) is 4.44. The zero-order valence-corrected chi connectivity index (χ0v) is 18.8. The van der Waals surface area contributed by atoms with Gasteiger partial charge in [-0.05, 0) is 20.8 Å². The Morgan fingerprint density at radius 1 is 1.33 bits per heavy atom. The monoisotopic (exact) mass is 451 g/mol. The van der Waals surface area contributed by atoms with E-state index in [0.717, 1.165) is 23.9 Å². The van der Waals surface area contributed by atoms with Gasteiger partial charge >= 0.3 is 5.97 Å². The Morgan fingerprint density at radius 2 is 2.10 bits per heavy atom. The molecule has 1 amide bonds. The molecule has 0 radical (unpaired) electrons. The number of hydrogen-bond donors (Lipinski definition) is 1. The zero-order chi connectivity index (χ0) is 21.5. The van der Waals surface area contributed by atoms with Crippen LogP contribution in [0.15, 0.2) is 22.8 Å². The van der Waals surface area contributed by atoms with Gasteiger partial charge in [0.05, 0.1) is 36.7 Å². The maximum atomic E-state index is 12.3. The molecule has 0 aliphatic carbocycles. The van der Waals surface area contributed by atoms with E-state index in [1.807, 2.05) is 19.9 Å². The van der Waals surface area contributed by atoms with Crippen molar-refractivity contribution in [1.29, 1.82) is 0 Å². The standard InChI is InChI=1S/C19H25N5O4S2/c1-4-27-18(26)5-14-9-30-19(22-14)23-16(25)10-29-17-6-15(20-11-21-17)24-7-12(2)28-13(3)8-24/h6,9,11-13H,4-5,7-8,10H2,1-3H3,(H,22,23,25). The number of aromatic nitrogens is 3. The molecule has 0 aromatic carbocycles. The van der Waals surface area contributed by atoms with Crippen LogP contribution >= 0.6 is 23.1 Å². The van der Waals surface area contributed by atoms with Gasteiger partial charge in [0.2, 0.25) is 5.91 Å². The van der Waals surface area contributed by atoms with Gasteiger partial charge in [-0.1, -0.05) is 11.8 Å². The zero-order valence-electron chi connectivity index (χ0n) is 17.2. The number of thioether (sulfide) groups is 1. The first-order valence-electron chi connectivity index (χ1n) is 9.68. The fraction of sp³-hybridized carbons (Fsp3) is 0.526. The normalized spacial score (nSPS) is 18.8. The first kappa shape index (κ1) is 22.4. The summed E-state index contributed by atoms with van der Waals surface area (Å²) in [6, 6.07) is 1.89. The molecule has 0 bridgehead atoms. The van der Waals surface area contributed by atoms with Crippen molar-refractivity contribution in [3.8, 4) is 0 Å². The molecule has 9 nitrogen and oxygen atoms in total. The third-order valence-corrected chi connectivity index (χ3v) is 5.88. The molecule has 2 atom stereocenters. The van der Waals surface area contributed by atoms with Gasteiger partial charge in [-0.3, -0.25) is 9.59 Å². The highest BCUT2D eigenvalue weighted by Gasteiger charge is 2.23. The van der Waals surface area contributed by atoms with E-state index in [9.17, 15) is 9.59 Å². The number of hydrogen-bond acceptors (Lipinski definition) is 10. The number of ether oxygens (including phenoxy) is 2. The summed E-state index contributed by atoms with van der Waals surface area (Å²) in [6.45, 7) is 7.71. The minimum atomic E-state index is -0.333. The second-order valence-corrected chi connectivity index (χ2v) is 8.69. The van der Waals surface area contributed by atoms with Crippen molar-refractivity contribution in [2.45, 2.75) is 44.4 Å². The van der Waals surface area contributed by atoms with Crippen LogP contribution in [0.3, 0.4) is 0 Å². The number of thiazole rings is 1. The molecule has 162 valence electrons. The van der Waals surface area contributed by atoms with Crippen molar-refractivity contribution in [3.05, 3.63) is 23.5 Å². The van der Waals surface area contributed by atoms with Crippen LogP contribution in [0.4, 0.5) is 10.9 Å². The van der Waals surface area contributed by atoms with Gasteiger partial charge in [0.25, 0.3) is 0 Å². The smallest absolute Gasteiger partial charge is 0.311 e. The van der Waals surface area contributed by atoms with Crippen molar-refractivity contribution in [3.63, 3.8) is 0 Å². The number of carbonyl (C=O) groups is 2. The number of nitrogens with zero attached hydrogens (tertiary/aromatic N) is 4. The summed E-state index contributed by atoms with van der Waals surface area (Å²) >= 11 is 2.61. The lowest BCUT2D eigenvalue weighted by Crippen LogP contribution is -2.45. The van der Waals surface area contributed by atoms with Crippen LogP contribution in [-0.4, -0.2) is 64.5 Å². The number of esters is 1. The Morgan fingerprint density at radius 3 is 2.83 bits per heavy atom. The summed E-state index contributed by atoms with van der Waals surface area (Å²) in [5.74, 6) is 0.503. The Bertz CT molecular complexity index is 868. The Labute approximate surface area is 183 Å². The number of rotatable bonds is 8. The molecule has 2 aromatic heterocycles.